The minimum absolute atomic E-state index is 0.0251. The first-order chi connectivity index (χ1) is 15.1. The van der Waals surface area contributed by atoms with Gasteiger partial charge in [-0.15, -0.1) is 0 Å². The number of fused-ring (bicyclic) bond motifs is 1. The topological polar surface area (TPSA) is 54.8 Å². The summed E-state index contributed by atoms with van der Waals surface area (Å²) in [6.45, 7) is 4.25. The molecule has 1 aromatic heterocycles. The molecule has 1 atom stereocenters. The van der Waals surface area contributed by atoms with E-state index in [9.17, 15) is 9.59 Å². The van der Waals surface area contributed by atoms with E-state index in [1.165, 1.54) is 10.9 Å². The first kappa shape index (κ1) is 21.0. The van der Waals surface area contributed by atoms with Crippen molar-refractivity contribution in [2.24, 2.45) is 7.05 Å². The molecule has 4 rings (SSSR count). The van der Waals surface area contributed by atoms with Crippen LogP contribution in [0.15, 0.2) is 60.8 Å². The monoisotopic (exact) mass is 419 g/mol. The second-order valence-corrected chi connectivity index (χ2v) is 7.95. The summed E-state index contributed by atoms with van der Waals surface area (Å²) in [5.41, 5.74) is 3.47. The molecule has 1 aliphatic heterocycles. The lowest BCUT2D eigenvalue weighted by Crippen LogP contribution is -2.50. The Morgan fingerprint density at radius 1 is 0.935 bits per heavy atom. The third-order valence-corrected chi connectivity index (χ3v) is 6.04. The number of para-hydroxylation sites is 1. The van der Waals surface area contributed by atoms with Crippen LogP contribution in [0.2, 0.25) is 0 Å². The van der Waals surface area contributed by atoms with E-state index in [1.54, 1.807) is 11.8 Å². The van der Waals surface area contributed by atoms with Gasteiger partial charge in [0.15, 0.2) is 0 Å². The van der Waals surface area contributed by atoms with E-state index < -0.39 is 0 Å². The number of hydrogen-bond acceptors (Lipinski definition) is 3. The van der Waals surface area contributed by atoms with Gasteiger partial charge < -0.3 is 19.1 Å². The van der Waals surface area contributed by atoms with Crippen LogP contribution in [-0.4, -0.2) is 59.2 Å². The number of carbonyl (C=O) groups is 2. The van der Waals surface area contributed by atoms with E-state index in [1.807, 2.05) is 42.3 Å². The minimum atomic E-state index is -0.299. The van der Waals surface area contributed by atoms with Gasteiger partial charge in [0.05, 0.1) is 6.61 Å². The molecule has 0 bridgehead atoms. The van der Waals surface area contributed by atoms with E-state index in [2.05, 4.69) is 35.0 Å². The Labute approximate surface area is 183 Å². The van der Waals surface area contributed by atoms with Crippen molar-refractivity contribution in [3.63, 3.8) is 0 Å². The number of piperazine rings is 1. The lowest BCUT2D eigenvalue weighted by atomic mass is 9.87. The van der Waals surface area contributed by atoms with Crippen molar-refractivity contribution in [2.75, 3.05) is 32.8 Å². The Balaban J connectivity index is 1.55. The number of ether oxygens (including phenoxy) is 1. The van der Waals surface area contributed by atoms with E-state index >= 15 is 0 Å². The highest BCUT2D eigenvalue weighted by Gasteiger charge is 2.28. The summed E-state index contributed by atoms with van der Waals surface area (Å²) in [7, 11) is 2.05. The van der Waals surface area contributed by atoms with E-state index in [4.69, 9.17) is 4.74 Å². The van der Waals surface area contributed by atoms with E-state index in [-0.39, 0.29) is 17.9 Å². The van der Waals surface area contributed by atoms with Crippen LogP contribution in [0.3, 0.4) is 0 Å². The number of amides is 2. The number of benzene rings is 2. The normalized spacial score (nSPS) is 15.2. The minimum Gasteiger partial charge on any atom is -0.450 e. The third kappa shape index (κ3) is 4.43. The van der Waals surface area contributed by atoms with Gasteiger partial charge in [0, 0.05) is 62.7 Å². The summed E-state index contributed by atoms with van der Waals surface area (Å²) in [4.78, 5) is 28.8. The summed E-state index contributed by atoms with van der Waals surface area (Å²) in [5, 5.41) is 1.18. The fourth-order valence-electron chi connectivity index (χ4n) is 4.40. The van der Waals surface area contributed by atoms with Crippen LogP contribution >= 0.6 is 0 Å². The third-order valence-electron chi connectivity index (χ3n) is 6.04. The van der Waals surface area contributed by atoms with Crippen LogP contribution in [-0.2, 0) is 16.6 Å². The molecule has 2 amide bonds. The lowest BCUT2D eigenvalue weighted by Gasteiger charge is -2.34. The average molecular weight is 420 g/mol. The van der Waals surface area contributed by atoms with Crippen LogP contribution in [0.4, 0.5) is 4.79 Å². The first-order valence-electron chi connectivity index (χ1n) is 10.9. The molecule has 6 heteroatoms. The molecule has 1 fully saturated rings. The molecule has 0 radical (unpaired) electrons. The molecule has 1 unspecified atom stereocenters. The highest BCUT2D eigenvalue weighted by atomic mass is 16.6. The summed E-state index contributed by atoms with van der Waals surface area (Å²) in [6, 6.07) is 18.6. The van der Waals surface area contributed by atoms with Gasteiger partial charge in [-0.2, -0.15) is 0 Å². The summed E-state index contributed by atoms with van der Waals surface area (Å²) >= 11 is 0. The second kappa shape index (κ2) is 9.25. The van der Waals surface area contributed by atoms with E-state index in [0.717, 1.165) is 11.1 Å². The maximum atomic E-state index is 13.3. The molecule has 1 saturated heterocycles. The Hall–Kier alpha value is -3.28. The van der Waals surface area contributed by atoms with Gasteiger partial charge in [-0.25, -0.2) is 4.79 Å². The second-order valence-electron chi connectivity index (χ2n) is 7.95. The average Bonchev–Trinajstić information content (AvgIpc) is 3.14. The van der Waals surface area contributed by atoms with Gasteiger partial charge in [-0.05, 0) is 24.1 Å². The predicted molar refractivity (Wildman–Crippen MR) is 121 cm³/mol. The Bertz CT molecular complexity index is 1050. The molecule has 6 nitrogen and oxygen atoms in total. The molecular formula is C25H29N3O3. The molecule has 0 saturated carbocycles. The molecule has 31 heavy (non-hydrogen) atoms. The zero-order chi connectivity index (χ0) is 21.8. The molecule has 2 heterocycles. The number of carbonyl (C=O) groups excluding carboxylic acids is 2. The highest BCUT2D eigenvalue weighted by molar-refractivity contribution is 5.86. The zero-order valence-electron chi connectivity index (χ0n) is 18.2. The summed E-state index contributed by atoms with van der Waals surface area (Å²) in [5.74, 6) is 0.0909. The molecule has 0 aliphatic carbocycles. The molecule has 162 valence electrons. The zero-order valence-corrected chi connectivity index (χ0v) is 18.2. The molecule has 0 N–H and O–H groups in total. The van der Waals surface area contributed by atoms with Gasteiger partial charge >= 0.3 is 6.09 Å². The molecular weight excluding hydrogens is 390 g/mol. The van der Waals surface area contributed by atoms with Crippen molar-refractivity contribution in [1.29, 1.82) is 0 Å². The fourth-order valence-corrected chi connectivity index (χ4v) is 4.40. The van der Waals surface area contributed by atoms with Crippen molar-refractivity contribution in [1.82, 2.24) is 14.4 Å². The maximum Gasteiger partial charge on any atom is 0.409 e. The van der Waals surface area contributed by atoms with Gasteiger partial charge in [0.2, 0.25) is 5.91 Å². The SMILES string of the molecule is CCOC(=O)N1CCN(C(=O)CC(c2ccccc2)c2cn(C)c3ccccc23)CC1. The Morgan fingerprint density at radius 2 is 1.58 bits per heavy atom. The van der Waals surface area contributed by atoms with Gasteiger partial charge in [0.25, 0.3) is 0 Å². The van der Waals surface area contributed by atoms with Gasteiger partial charge in [-0.1, -0.05) is 48.5 Å². The van der Waals surface area contributed by atoms with Crippen LogP contribution in [0.25, 0.3) is 10.9 Å². The standard InChI is InChI=1S/C25H29N3O3/c1-3-31-25(30)28-15-13-27(14-16-28)24(29)17-21(19-9-5-4-6-10-19)22-18-26(2)23-12-8-7-11-20(22)23/h4-12,18,21H,3,13-17H2,1-2H3. The van der Waals surface area contributed by atoms with Crippen molar-refractivity contribution < 1.29 is 14.3 Å². The van der Waals surface area contributed by atoms with Crippen LogP contribution in [0, 0.1) is 0 Å². The highest BCUT2D eigenvalue weighted by Crippen LogP contribution is 2.34. The largest absolute Gasteiger partial charge is 0.450 e. The number of aromatic nitrogens is 1. The number of hydrogen-bond donors (Lipinski definition) is 0. The van der Waals surface area contributed by atoms with Crippen LogP contribution in [0.5, 0.6) is 0 Å². The molecule has 3 aromatic rings. The molecule has 2 aromatic carbocycles. The van der Waals surface area contributed by atoms with Crippen LogP contribution < -0.4 is 0 Å². The molecule has 0 spiro atoms. The lowest BCUT2D eigenvalue weighted by molar-refractivity contribution is -0.133. The van der Waals surface area contributed by atoms with Gasteiger partial charge in [-0.3, -0.25) is 4.79 Å². The van der Waals surface area contributed by atoms with Crippen molar-refractivity contribution in [3.8, 4) is 0 Å². The van der Waals surface area contributed by atoms with E-state index in [0.29, 0.717) is 39.2 Å². The van der Waals surface area contributed by atoms with Gasteiger partial charge in [0.1, 0.15) is 0 Å². The Morgan fingerprint density at radius 3 is 2.29 bits per heavy atom. The first-order valence-corrected chi connectivity index (χ1v) is 10.9. The van der Waals surface area contributed by atoms with Crippen molar-refractivity contribution in [2.45, 2.75) is 19.3 Å². The molecule has 1 aliphatic rings. The summed E-state index contributed by atoms with van der Waals surface area (Å²) < 4.78 is 7.21. The predicted octanol–water partition coefficient (Wildman–Crippen LogP) is 4.00. The quantitative estimate of drug-likeness (QED) is 0.628. The summed E-state index contributed by atoms with van der Waals surface area (Å²) in [6.07, 6.45) is 2.25. The smallest absolute Gasteiger partial charge is 0.409 e. The van der Waals surface area contributed by atoms with Crippen LogP contribution in [0.1, 0.15) is 30.4 Å². The Kier molecular flexibility index (Phi) is 6.26. The number of aryl methyl sites for hydroxylation is 1. The van der Waals surface area contributed by atoms with Crippen molar-refractivity contribution >= 4 is 22.9 Å². The fraction of sp³-hybridized carbons (Fsp3) is 0.360. The van der Waals surface area contributed by atoms with Crippen molar-refractivity contribution in [3.05, 3.63) is 71.9 Å². The number of rotatable bonds is 5. The number of nitrogens with zero attached hydrogens (tertiary/aromatic N) is 3. The maximum absolute atomic E-state index is 13.3.